The van der Waals surface area contributed by atoms with Crippen LogP contribution < -0.4 is 15.4 Å². The van der Waals surface area contributed by atoms with Gasteiger partial charge in [0.2, 0.25) is 0 Å². The van der Waals surface area contributed by atoms with Crippen molar-refractivity contribution in [2.75, 3.05) is 42.5 Å². The van der Waals surface area contributed by atoms with Crippen LogP contribution in [0.4, 0.5) is 11.5 Å². The first-order valence-corrected chi connectivity index (χ1v) is 13.9. The van der Waals surface area contributed by atoms with E-state index in [1.165, 1.54) is 11.8 Å². The van der Waals surface area contributed by atoms with E-state index in [4.69, 9.17) is 28.8 Å². The predicted molar refractivity (Wildman–Crippen MR) is 157 cm³/mol. The van der Waals surface area contributed by atoms with Crippen molar-refractivity contribution in [3.8, 4) is 0 Å². The predicted octanol–water partition coefficient (Wildman–Crippen LogP) is 4.84. The summed E-state index contributed by atoms with van der Waals surface area (Å²) in [6.45, 7) is 9.45. The van der Waals surface area contributed by atoms with Crippen LogP contribution in [-0.4, -0.2) is 57.2 Å². The molecule has 192 valence electrons. The summed E-state index contributed by atoms with van der Waals surface area (Å²) in [5, 5.41) is 0.705. The van der Waals surface area contributed by atoms with Gasteiger partial charge in [0, 0.05) is 49.6 Å². The first-order valence-electron chi connectivity index (χ1n) is 12.3. The number of aryl methyl sites for hydroxylation is 1. The number of halogens is 1. The number of piperazine rings is 1. The number of fused-ring (bicyclic) bond motifs is 1. The molecule has 1 aromatic carbocycles. The number of hydrogen-bond acceptors (Lipinski definition) is 7. The Labute approximate surface area is 230 Å². The summed E-state index contributed by atoms with van der Waals surface area (Å²) in [6.07, 6.45) is 3.41. The fourth-order valence-corrected chi connectivity index (χ4v) is 6.11. The molecule has 0 bridgehead atoms. The Hall–Kier alpha value is -2.88. The molecule has 37 heavy (non-hydrogen) atoms. The summed E-state index contributed by atoms with van der Waals surface area (Å²) in [6, 6.07) is 11.6. The topological polar surface area (TPSA) is 61.2 Å². The van der Waals surface area contributed by atoms with E-state index in [2.05, 4.69) is 15.9 Å². The van der Waals surface area contributed by atoms with Gasteiger partial charge in [0.05, 0.1) is 10.5 Å². The average molecular weight is 554 g/mol. The van der Waals surface area contributed by atoms with Gasteiger partial charge in [-0.25, -0.2) is 4.98 Å². The Kier molecular flexibility index (Phi) is 7.29. The Morgan fingerprint density at radius 1 is 1.11 bits per heavy atom. The van der Waals surface area contributed by atoms with Gasteiger partial charge in [-0.05, 0) is 48.7 Å². The van der Waals surface area contributed by atoms with Gasteiger partial charge in [-0.15, -0.1) is 0 Å². The number of anilines is 2. The third-order valence-corrected chi connectivity index (χ3v) is 8.13. The molecule has 7 nitrogen and oxygen atoms in total. The van der Waals surface area contributed by atoms with Crippen LogP contribution in [0.1, 0.15) is 25.0 Å². The van der Waals surface area contributed by atoms with Crippen LogP contribution in [0, 0.1) is 12.8 Å². The van der Waals surface area contributed by atoms with E-state index < -0.39 is 0 Å². The molecule has 2 aliphatic rings. The minimum atomic E-state index is -0.199. The third kappa shape index (κ3) is 5.12. The minimum absolute atomic E-state index is 0.158. The lowest BCUT2D eigenvalue weighted by Crippen LogP contribution is -2.47. The largest absolute Gasteiger partial charge is 0.368 e. The van der Waals surface area contributed by atoms with Crippen LogP contribution in [0.25, 0.3) is 11.7 Å². The first-order chi connectivity index (χ1) is 17.7. The van der Waals surface area contributed by atoms with Crippen LogP contribution in [0.5, 0.6) is 0 Å². The second-order valence-electron chi connectivity index (χ2n) is 9.68. The molecule has 2 saturated heterocycles. The average Bonchev–Trinajstić information content (AvgIpc) is 3.13. The van der Waals surface area contributed by atoms with Crippen LogP contribution in [0.2, 0.25) is 5.02 Å². The fourth-order valence-electron chi connectivity index (χ4n) is 4.67. The van der Waals surface area contributed by atoms with Gasteiger partial charge in [-0.3, -0.25) is 18.9 Å². The number of carbonyl (C=O) groups excluding carboxylic acids is 1. The van der Waals surface area contributed by atoms with Crippen LogP contribution >= 0.6 is 35.6 Å². The van der Waals surface area contributed by atoms with E-state index in [0.717, 1.165) is 24.3 Å². The van der Waals surface area contributed by atoms with E-state index in [1.807, 2.05) is 51.1 Å². The molecule has 2 fully saturated rings. The molecule has 1 amide bonds. The van der Waals surface area contributed by atoms with E-state index in [1.54, 1.807) is 21.6 Å². The second kappa shape index (κ2) is 10.5. The molecule has 5 rings (SSSR count). The van der Waals surface area contributed by atoms with Gasteiger partial charge in [0.15, 0.2) is 0 Å². The molecule has 0 atom stereocenters. The van der Waals surface area contributed by atoms with Crippen LogP contribution in [0.3, 0.4) is 0 Å². The lowest BCUT2D eigenvalue weighted by Gasteiger charge is -2.37. The standard InChI is InChI=1S/C27H28ClN5O2S2/c1-17(2)16-33-26(35)22(37-27(33)36)15-21-24(29-23-18(3)6-5-9-32(23)25(21)34)31-12-10-30(11-13-31)20-8-4-7-19(28)14-20/h4-9,14-15,17H,10-13,16H2,1-3H3. The molecule has 0 radical (unpaired) electrons. The van der Waals surface area contributed by atoms with Crippen molar-refractivity contribution in [1.82, 2.24) is 14.3 Å². The van der Waals surface area contributed by atoms with Crippen molar-refractivity contribution in [1.29, 1.82) is 0 Å². The summed E-state index contributed by atoms with van der Waals surface area (Å²) in [4.78, 5) is 38.4. The zero-order valence-electron chi connectivity index (χ0n) is 21.0. The van der Waals surface area contributed by atoms with E-state index in [9.17, 15) is 9.59 Å². The SMILES string of the molecule is Cc1cccn2c(=O)c(C=C3SC(=S)N(CC(C)C)C3=O)c(N3CCN(c4cccc(Cl)c4)CC3)nc12. The number of amides is 1. The number of carbonyl (C=O) groups is 1. The van der Waals surface area contributed by atoms with Crippen molar-refractivity contribution in [2.45, 2.75) is 20.8 Å². The molecule has 0 saturated carbocycles. The molecular formula is C27H28ClN5O2S2. The smallest absolute Gasteiger partial charge is 0.267 e. The summed E-state index contributed by atoms with van der Waals surface area (Å²) < 4.78 is 2.08. The van der Waals surface area contributed by atoms with Crippen molar-refractivity contribution in [3.63, 3.8) is 0 Å². The minimum Gasteiger partial charge on any atom is -0.368 e. The maximum absolute atomic E-state index is 13.8. The summed E-state index contributed by atoms with van der Waals surface area (Å²) >= 11 is 12.9. The number of rotatable bonds is 5. The molecule has 3 aromatic rings. The van der Waals surface area contributed by atoms with Gasteiger partial charge in [0.25, 0.3) is 11.5 Å². The lowest BCUT2D eigenvalue weighted by molar-refractivity contribution is -0.122. The zero-order chi connectivity index (χ0) is 26.3. The number of thiocarbonyl (C=S) groups is 1. The molecular weight excluding hydrogens is 526 g/mol. The van der Waals surface area contributed by atoms with Crippen molar-refractivity contribution < 1.29 is 4.79 Å². The number of nitrogens with zero attached hydrogens (tertiary/aromatic N) is 5. The maximum atomic E-state index is 13.8. The molecule has 0 aliphatic carbocycles. The Balaban J connectivity index is 1.53. The molecule has 0 N–H and O–H groups in total. The molecule has 4 heterocycles. The number of pyridine rings is 1. The van der Waals surface area contributed by atoms with E-state index >= 15 is 0 Å². The number of aromatic nitrogens is 2. The van der Waals surface area contributed by atoms with Crippen LogP contribution in [0.15, 0.2) is 52.3 Å². The highest BCUT2D eigenvalue weighted by Crippen LogP contribution is 2.34. The zero-order valence-corrected chi connectivity index (χ0v) is 23.4. The van der Waals surface area contributed by atoms with Gasteiger partial charge < -0.3 is 9.80 Å². The van der Waals surface area contributed by atoms with Gasteiger partial charge in [-0.1, -0.05) is 61.6 Å². The highest BCUT2D eigenvalue weighted by molar-refractivity contribution is 8.26. The second-order valence-corrected chi connectivity index (χ2v) is 11.8. The number of benzene rings is 1. The molecule has 0 spiro atoms. The summed E-state index contributed by atoms with van der Waals surface area (Å²) in [5.41, 5.74) is 2.81. The van der Waals surface area contributed by atoms with E-state index in [0.29, 0.717) is 50.9 Å². The highest BCUT2D eigenvalue weighted by atomic mass is 35.5. The Morgan fingerprint density at radius 3 is 2.54 bits per heavy atom. The lowest BCUT2D eigenvalue weighted by atomic mass is 10.2. The summed E-state index contributed by atoms with van der Waals surface area (Å²) in [5.74, 6) is 0.720. The normalized spacial score (nSPS) is 17.6. The number of thioether (sulfide) groups is 1. The molecule has 2 aliphatic heterocycles. The summed E-state index contributed by atoms with van der Waals surface area (Å²) in [7, 11) is 0. The van der Waals surface area contributed by atoms with Gasteiger partial charge >= 0.3 is 0 Å². The molecule has 10 heteroatoms. The van der Waals surface area contributed by atoms with Gasteiger partial charge in [0.1, 0.15) is 15.8 Å². The fraction of sp³-hybridized carbons (Fsp3) is 0.333. The number of hydrogen-bond donors (Lipinski definition) is 0. The third-order valence-electron chi connectivity index (χ3n) is 6.51. The molecule has 2 aromatic heterocycles. The monoisotopic (exact) mass is 553 g/mol. The maximum Gasteiger partial charge on any atom is 0.267 e. The quantitative estimate of drug-likeness (QED) is 0.331. The Bertz CT molecular complexity index is 1480. The van der Waals surface area contributed by atoms with Crippen molar-refractivity contribution >= 4 is 69.0 Å². The van der Waals surface area contributed by atoms with Gasteiger partial charge in [-0.2, -0.15) is 0 Å². The van der Waals surface area contributed by atoms with Crippen molar-refractivity contribution in [2.24, 2.45) is 5.92 Å². The Morgan fingerprint density at radius 2 is 1.84 bits per heavy atom. The first kappa shape index (κ1) is 25.8. The van der Waals surface area contributed by atoms with Crippen LogP contribution in [-0.2, 0) is 4.79 Å². The van der Waals surface area contributed by atoms with Crippen molar-refractivity contribution in [3.05, 3.63) is 74.0 Å². The van der Waals surface area contributed by atoms with E-state index in [-0.39, 0.29) is 17.4 Å². The molecule has 0 unspecified atom stereocenters. The highest BCUT2D eigenvalue weighted by Gasteiger charge is 2.33.